The van der Waals surface area contributed by atoms with Gasteiger partial charge in [-0.15, -0.1) is 13.2 Å². The molecule has 0 atom stereocenters. The zero-order valence-corrected chi connectivity index (χ0v) is 10.2. The van der Waals surface area contributed by atoms with Crippen molar-refractivity contribution in [1.29, 1.82) is 0 Å². The van der Waals surface area contributed by atoms with E-state index in [0.29, 0.717) is 5.56 Å². The van der Waals surface area contributed by atoms with Crippen molar-refractivity contribution in [3.05, 3.63) is 29.3 Å². The number of hydrogen-bond donors (Lipinski definition) is 1. The number of carbonyl (C=O) groups excluding carboxylic acids is 1. The molecule has 0 aliphatic carbocycles. The summed E-state index contributed by atoms with van der Waals surface area (Å²) < 4.78 is 64.8. The fourth-order valence-electron chi connectivity index (χ4n) is 1.17. The van der Waals surface area contributed by atoms with E-state index in [2.05, 4.69) is 14.1 Å². The highest BCUT2D eigenvalue weighted by Gasteiger charge is 2.33. The van der Waals surface area contributed by atoms with Gasteiger partial charge in [-0.25, -0.2) is 4.79 Å². The third kappa shape index (κ3) is 5.14. The quantitative estimate of drug-likeness (QED) is 0.906. The van der Waals surface area contributed by atoms with Crippen LogP contribution in [0.3, 0.4) is 0 Å². The van der Waals surface area contributed by atoms with E-state index in [-0.39, 0.29) is 0 Å². The van der Waals surface area contributed by atoms with Crippen molar-refractivity contribution < 1.29 is 35.3 Å². The number of aryl methyl sites for hydroxylation is 1. The molecule has 19 heavy (non-hydrogen) atoms. The number of carbonyl (C=O) groups is 1. The molecule has 0 aliphatic heterocycles. The smallest absolute Gasteiger partial charge is 0.405 e. The molecule has 0 radical (unpaired) electrons. The summed E-state index contributed by atoms with van der Waals surface area (Å²) in [6.45, 7) is 1.48. The molecule has 0 spiro atoms. The van der Waals surface area contributed by atoms with Crippen LogP contribution in [0.1, 0.15) is 15.9 Å². The Morgan fingerprint density at radius 2 is 1.89 bits per heavy atom. The molecule has 1 aromatic carbocycles. The second-order valence-corrected chi connectivity index (χ2v) is 4.56. The van der Waals surface area contributed by atoms with Crippen LogP contribution in [0.2, 0.25) is 0 Å². The molecule has 0 unspecified atom stereocenters. The van der Waals surface area contributed by atoms with Crippen LogP contribution >= 0.6 is 0 Å². The maximum absolute atomic E-state index is 12.1. The van der Waals surface area contributed by atoms with Crippen molar-refractivity contribution in [3.63, 3.8) is 0 Å². The largest absolute Gasteiger partial charge is 0.573 e. The molecule has 0 aliphatic rings. The van der Waals surface area contributed by atoms with Gasteiger partial charge in [-0.2, -0.15) is 13.6 Å². The fourth-order valence-corrected chi connectivity index (χ4v) is 1.47. The molecule has 106 valence electrons. The minimum Gasteiger partial charge on any atom is -0.405 e. The van der Waals surface area contributed by atoms with Crippen molar-refractivity contribution in [2.75, 3.05) is 0 Å². The fraction of sp³-hybridized carbons (Fsp3) is 0.222. The van der Waals surface area contributed by atoms with E-state index in [1.54, 1.807) is 0 Å². The van der Waals surface area contributed by atoms with E-state index in [0.717, 1.165) is 12.1 Å². The first-order chi connectivity index (χ1) is 8.48. The van der Waals surface area contributed by atoms with E-state index < -0.39 is 33.9 Å². The maximum atomic E-state index is 12.1. The third-order valence-corrected chi connectivity index (χ3v) is 2.16. The molecule has 10 heteroatoms. The monoisotopic (exact) mass is 299 g/mol. The van der Waals surface area contributed by atoms with Crippen LogP contribution in [0.15, 0.2) is 18.2 Å². The number of ether oxygens (including phenoxy) is 1. The zero-order chi connectivity index (χ0) is 14.8. The van der Waals surface area contributed by atoms with Crippen LogP contribution in [-0.4, -0.2) is 20.7 Å². The van der Waals surface area contributed by atoms with Crippen LogP contribution in [-0.2, 0) is 14.5 Å². The van der Waals surface area contributed by atoms with Crippen LogP contribution in [0, 0.1) is 6.92 Å². The second kappa shape index (κ2) is 5.05. The summed E-state index contributed by atoms with van der Waals surface area (Å²) >= 11 is 0. The minimum atomic E-state index is -5.04. The molecule has 0 fully saturated rings. The summed E-state index contributed by atoms with van der Waals surface area (Å²) in [7, 11) is -4.63. The molecule has 0 heterocycles. The summed E-state index contributed by atoms with van der Waals surface area (Å²) in [5.74, 6) is -2.45. The van der Waals surface area contributed by atoms with Crippen LogP contribution in [0.4, 0.5) is 13.2 Å². The van der Waals surface area contributed by atoms with Gasteiger partial charge in [-0.3, -0.25) is 0 Å². The van der Waals surface area contributed by atoms with Gasteiger partial charge in [0.25, 0.3) is 0 Å². The molecule has 6 nitrogen and oxygen atoms in total. The number of nitrogens with two attached hydrogens (primary N) is 1. The van der Waals surface area contributed by atoms with Gasteiger partial charge in [0.05, 0.1) is 0 Å². The molecule has 1 aromatic rings. The van der Waals surface area contributed by atoms with E-state index in [1.807, 2.05) is 0 Å². The standard InChI is InChI=1S/C9H8F3NO5S/c1-5-2-3-7(17-9(10,11)12)6(4-5)8(14)18-19(13,15)16/h2-4H,1H3,(H2,13,15,16). The molecule has 2 N–H and O–H groups in total. The Morgan fingerprint density at radius 1 is 1.32 bits per heavy atom. The zero-order valence-electron chi connectivity index (χ0n) is 9.39. The lowest BCUT2D eigenvalue weighted by molar-refractivity contribution is -0.274. The highest BCUT2D eigenvalue weighted by Crippen LogP contribution is 2.27. The summed E-state index contributed by atoms with van der Waals surface area (Å²) in [5.41, 5.74) is -0.303. The van der Waals surface area contributed by atoms with Crippen molar-refractivity contribution in [2.24, 2.45) is 5.14 Å². The Morgan fingerprint density at radius 3 is 2.37 bits per heavy atom. The highest BCUT2D eigenvalue weighted by molar-refractivity contribution is 7.84. The van der Waals surface area contributed by atoms with Gasteiger partial charge in [-0.1, -0.05) is 6.07 Å². The number of rotatable bonds is 3. The first-order valence-electron chi connectivity index (χ1n) is 4.61. The van der Waals surface area contributed by atoms with Crippen LogP contribution < -0.4 is 9.88 Å². The molecule has 0 saturated heterocycles. The minimum absolute atomic E-state index is 0.399. The van der Waals surface area contributed by atoms with Crippen molar-refractivity contribution in [1.82, 2.24) is 0 Å². The summed E-state index contributed by atoms with van der Waals surface area (Å²) in [6.07, 6.45) is -5.04. The maximum Gasteiger partial charge on any atom is 0.573 e. The molecular weight excluding hydrogens is 291 g/mol. The van der Waals surface area contributed by atoms with E-state index in [4.69, 9.17) is 0 Å². The molecule has 0 bridgehead atoms. The van der Waals surface area contributed by atoms with Gasteiger partial charge < -0.3 is 8.92 Å². The lowest BCUT2D eigenvalue weighted by atomic mass is 10.1. The average Bonchev–Trinajstić information content (AvgIpc) is 2.16. The summed E-state index contributed by atoms with van der Waals surface area (Å²) in [5, 5.41) is 4.46. The molecule has 0 aromatic heterocycles. The molecular formula is C9H8F3NO5S. The van der Waals surface area contributed by atoms with Gasteiger partial charge >= 0.3 is 22.6 Å². The Balaban J connectivity index is 3.17. The van der Waals surface area contributed by atoms with Crippen molar-refractivity contribution in [3.8, 4) is 5.75 Å². The predicted octanol–water partition coefficient (Wildman–Crippen LogP) is 1.25. The number of alkyl halides is 3. The van der Waals surface area contributed by atoms with Gasteiger partial charge in [0.1, 0.15) is 11.3 Å². The first-order valence-corrected chi connectivity index (χ1v) is 6.08. The molecule has 0 amide bonds. The SMILES string of the molecule is Cc1ccc(OC(F)(F)F)c(C(=O)OS(N)(=O)=O)c1. The molecule has 0 saturated carbocycles. The van der Waals surface area contributed by atoms with Crippen LogP contribution in [0.5, 0.6) is 5.75 Å². The van der Waals surface area contributed by atoms with Crippen molar-refractivity contribution in [2.45, 2.75) is 13.3 Å². The lowest BCUT2D eigenvalue weighted by Gasteiger charge is -2.12. The van der Waals surface area contributed by atoms with Crippen LogP contribution in [0.25, 0.3) is 0 Å². The van der Waals surface area contributed by atoms with E-state index >= 15 is 0 Å². The highest BCUT2D eigenvalue weighted by atomic mass is 32.2. The van der Waals surface area contributed by atoms with Gasteiger partial charge in [0.2, 0.25) is 0 Å². The van der Waals surface area contributed by atoms with Gasteiger partial charge in [0, 0.05) is 0 Å². The summed E-state index contributed by atoms with van der Waals surface area (Å²) in [4.78, 5) is 11.4. The Hall–Kier alpha value is -1.81. The second-order valence-electron chi connectivity index (χ2n) is 3.41. The predicted molar refractivity (Wildman–Crippen MR) is 56.4 cm³/mol. The first kappa shape index (κ1) is 15.2. The molecule has 1 rings (SSSR count). The average molecular weight is 299 g/mol. The summed E-state index contributed by atoms with van der Waals surface area (Å²) in [6, 6.07) is 3.09. The normalized spacial score (nSPS) is 12.1. The Bertz CT molecular complexity index is 596. The Kier molecular flexibility index (Phi) is 4.06. The lowest BCUT2D eigenvalue weighted by Crippen LogP contribution is -2.23. The number of benzene rings is 1. The number of halogens is 3. The van der Waals surface area contributed by atoms with Gasteiger partial charge in [0.15, 0.2) is 0 Å². The third-order valence-electron chi connectivity index (χ3n) is 1.77. The topological polar surface area (TPSA) is 95.7 Å². The van der Waals surface area contributed by atoms with E-state index in [1.165, 1.54) is 13.0 Å². The van der Waals surface area contributed by atoms with E-state index in [9.17, 15) is 26.4 Å². The van der Waals surface area contributed by atoms with Crippen molar-refractivity contribution >= 4 is 16.3 Å². The number of hydrogen-bond acceptors (Lipinski definition) is 5. The Labute approximate surface area is 106 Å². The van der Waals surface area contributed by atoms with Gasteiger partial charge in [-0.05, 0) is 24.6 Å².